The predicted molar refractivity (Wildman–Crippen MR) is 201 cm³/mol. The third-order valence-corrected chi connectivity index (χ3v) is 9.71. The minimum absolute atomic E-state index is 0.0126. The average molecular weight is 780 g/mol. The second-order valence-corrected chi connectivity index (χ2v) is 15.8. The molecule has 0 unspecified atom stereocenters. The van der Waals surface area contributed by atoms with Gasteiger partial charge in [-0.25, -0.2) is 36.3 Å². The van der Waals surface area contributed by atoms with E-state index in [1.807, 2.05) is 0 Å². The van der Waals surface area contributed by atoms with Crippen LogP contribution in [0.1, 0.15) is 43.8 Å². The van der Waals surface area contributed by atoms with Crippen LogP contribution in [-0.2, 0) is 34.8 Å². The van der Waals surface area contributed by atoms with Gasteiger partial charge in [0.05, 0.1) is 53.0 Å². The van der Waals surface area contributed by atoms with Crippen LogP contribution in [0.4, 0.5) is 19.4 Å². The fraction of sp³-hybridized carbons (Fsp3) is 0.270. The Morgan fingerprint density at radius 1 is 1.04 bits per heavy atom. The van der Waals surface area contributed by atoms with Gasteiger partial charge in [-0.15, -0.1) is 0 Å². The Labute approximate surface area is 314 Å². The Morgan fingerprint density at radius 2 is 1.72 bits per heavy atom. The number of sulfonamides is 1. The highest BCUT2D eigenvalue weighted by Crippen LogP contribution is 2.38. The van der Waals surface area contributed by atoms with Crippen molar-refractivity contribution in [1.82, 2.24) is 29.6 Å². The lowest BCUT2D eigenvalue weighted by Crippen LogP contribution is -2.39. The number of alkyl carbamates (subject to hydrolysis) is 1. The molecule has 1 N–H and O–H groups in total. The van der Waals surface area contributed by atoms with Gasteiger partial charge in [-0.05, 0) is 80.4 Å². The summed E-state index contributed by atoms with van der Waals surface area (Å²) in [6.07, 6.45) is 1.35. The Bertz CT molecular complexity index is 2550. The molecule has 0 aliphatic carbocycles. The summed E-state index contributed by atoms with van der Waals surface area (Å²) in [7, 11) is -0.895. The molecule has 6 aromatic rings. The normalized spacial score (nSPS) is 12.5. The van der Waals surface area contributed by atoms with Crippen LogP contribution in [0.2, 0.25) is 5.02 Å². The Balaban J connectivity index is 1.61. The second-order valence-electron chi connectivity index (χ2n) is 13.5. The summed E-state index contributed by atoms with van der Waals surface area (Å²) >= 11 is 6.83. The zero-order valence-electron chi connectivity index (χ0n) is 30.1. The first kappa shape index (κ1) is 38.1. The molecular formula is C37H36ClF2N7O6S. The number of nitrogens with zero attached hydrogens (tertiary/aromatic N) is 6. The maximum absolute atomic E-state index is 14.6. The lowest BCUT2D eigenvalue weighted by molar-refractivity contribution is 0.0500. The van der Waals surface area contributed by atoms with E-state index in [-0.39, 0.29) is 62.8 Å². The third kappa shape index (κ3) is 7.99. The summed E-state index contributed by atoms with van der Waals surface area (Å²) in [6, 6.07) is 14.6. The molecule has 0 radical (unpaired) electrons. The number of halogens is 3. The molecule has 3 aromatic heterocycles. The van der Waals surface area contributed by atoms with Gasteiger partial charge in [-0.3, -0.25) is 14.0 Å². The van der Waals surface area contributed by atoms with E-state index in [0.29, 0.717) is 17.4 Å². The van der Waals surface area contributed by atoms with E-state index in [2.05, 4.69) is 15.4 Å². The smallest absolute Gasteiger partial charge is 0.408 e. The Hall–Kier alpha value is -5.61. The van der Waals surface area contributed by atoms with Gasteiger partial charge in [0.2, 0.25) is 10.0 Å². The monoisotopic (exact) mass is 779 g/mol. The predicted octanol–water partition coefficient (Wildman–Crippen LogP) is 6.38. The number of anilines is 1. The molecule has 6 rings (SSSR count). The van der Waals surface area contributed by atoms with Crippen LogP contribution >= 0.6 is 11.6 Å². The van der Waals surface area contributed by atoms with Crippen LogP contribution in [0, 0.1) is 11.6 Å². The molecule has 0 saturated carbocycles. The lowest BCUT2D eigenvalue weighted by atomic mass is 10.0. The summed E-state index contributed by atoms with van der Waals surface area (Å²) in [6.45, 7) is 4.87. The van der Waals surface area contributed by atoms with E-state index in [4.69, 9.17) is 26.1 Å². The van der Waals surface area contributed by atoms with Gasteiger partial charge in [0, 0.05) is 25.7 Å². The number of amides is 1. The van der Waals surface area contributed by atoms with Crippen molar-refractivity contribution in [3.63, 3.8) is 0 Å². The number of hydrogen-bond acceptors (Lipinski definition) is 9. The first-order chi connectivity index (χ1) is 25.4. The molecule has 54 heavy (non-hydrogen) atoms. The Morgan fingerprint density at radius 3 is 2.35 bits per heavy atom. The van der Waals surface area contributed by atoms with E-state index in [1.54, 1.807) is 58.2 Å². The van der Waals surface area contributed by atoms with E-state index in [0.717, 1.165) is 22.7 Å². The summed E-state index contributed by atoms with van der Waals surface area (Å²) in [5.74, 6) is -1.20. The van der Waals surface area contributed by atoms with Crippen LogP contribution in [0.5, 0.6) is 5.75 Å². The van der Waals surface area contributed by atoms with Gasteiger partial charge in [0.15, 0.2) is 11.5 Å². The molecule has 13 nitrogen and oxygen atoms in total. The first-order valence-corrected chi connectivity index (χ1v) is 18.7. The first-order valence-electron chi connectivity index (χ1n) is 16.5. The van der Waals surface area contributed by atoms with Gasteiger partial charge < -0.3 is 14.8 Å². The molecule has 0 fully saturated rings. The largest absolute Gasteiger partial charge is 0.497 e. The molecule has 1 atom stereocenters. The molecule has 3 aromatic carbocycles. The number of carbonyl (C=O) groups excluding carboxylic acids is 1. The summed E-state index contributed by atoms with van der Waals surface area (Å²) in [5.41, 5.74) is -0.343. The molecule has 3 heterocycles. The van der Waals surface area contributed by atoms with Gasteiger partial charge >= 0.3 is 6.09 Å². The topological polar surface area (TPSA) is 151 Å². The average Bonchev–Trinajstić information content (AvgIpc) is 3.43. The van der Waals surface area contributed by atoms with Crippen LogP contribution in [0.25, 0.3) is 27.6 Å². The van der Waals surface area contributed by atoms with Crippen LogP contribution in [0.15, 0.2) is 77.7 Å². The molecule has 0 saturated heterocycles. The zero-order chi connectivity index (χ0) is 39.1. The number of hydrogen-bond donors (Lipinski definition) is 1. The minimum atomic E-state index is -3.98. The quantitative estimate of drug-likeness (QED) is 0.167. The van der Waals surface area contributed by atoms with Crippen molar-refractivity contribution in [1.29, 1.82) is 0 Å². The molecule has 0 spiro atoms. The van der Waals surface area contributed by atoms with Gasteiger partial charge in [-0.1, -0.05) is 23.7 Å². The highest BCUT2D eigenvalue weighted by atomic mass is 35.5. The molecule has 0 bridgehead atoms. The fourth-order valence-electron chi connectivity index (χ4n) is 6.06. The number of benzene rings is 3. The second kappa shape index (κ2) is 14.7. The van der Waals surface area contributed by atoms with Crippen molar-refractivity contribution in [2.24, 2.45) is 7.05 Å². The standard InChI is InChI=1S/C37H36ClF2N7O6S/c1-37(2,3)53-36(49)42-28(18-22-16-23(39)19-24(40)17-22)33-43-32-26(8-7-15-41-32)35(48)47(33)29-14-13-27(38)30-31(29)45(4)44-34(30)46(54(6,50)51)20-21-9-11-25(52-5)12-10-21/h7-17,19,28H,18,20H2,1-6H3,(H,42,49)/t28-/m0/s1. The number of pyridine rings is 1. The number of ether oxygens (including phenoxy) is 2. The minimum Gasteiger partial charge on any atom is -0.497 e. The Kier molecular flexibility index (Phi) is 10.4. The molecule has 17 heteroatoms. The SMILES string of the molecule is COc1ccc(CN(c2nn(C)c3c(-n4c([C@H](Cc5cc(F)cc(F)c5)NC(=O)OC(C)(C)C)nc5ncccc5c4=O)ccc(Cl)c23)S(C)(=O)=O)cc1. The maximum Gasteiger partial charge on any atom is 0.408 e. The highest BCUT2D eigenvalue weighted by molar-refractivity contribution is 7.92. The van der Waals surface area contributed by atoms with Crippen molar-refractivity contribution in [3.05, 3.63) is 117 Å². The van der Waals surface area contributed by atoms with Gasteiger partial charge in [0.25, 0.3) is 5.56 Å². The number of rotatable bonds is 10. The van der Waals surface area contributed by atoms with Gasteiger partial charge in [-0.2, -0.15) is 5.10 Å². The zero-order valence-corrected chi connectivity index (χ0v) is 31.7. The fourth-order valence-corrected chi connectivity index (χ4v) is 7.13. The van der Waals surface area contributed by atoms with Crippen LogP contribution in [-0.4, -0.2) is 57.8 Å². The van der Waals surface area contributed by atoms with Crippen LogP contribution in [0.3, 0.4) is 0 Å². The van der Waals surface area contributed by atoms with E-state index >= 15 is 0 Å². The maximum atomic E-state index is 14.6. The van der Waals surface area contributed by atoms with Crippen LogP contribution < -0.4 is 19.9 Å². The van der Waals surface area contributed by atoms with Crippen molar-refractivity contribution in [2.75, 3.05) is 17.7 Å². The van der Waals surface area contributed by atoms with E-state index in [1.165, 1.54) is 40.8 Å². The van der Waals surface area contributed by atoms with Crippen molar-refractivity contribution < 1.29 is 31.5 Å². The van der Waals surface area contributed by atoms with Crippen molar-refractivity contribution in [2.45, 2.75) is 45.4 Å². The van der Waals surface area contributed by atoms with Crippen molar-refractivity contribution in [3.8, 4) is 11.4 Å². The molecule has 1 amide bonds. The number of carbonyl (C=O) groups is 1. The lowest BCUT2D eigenvalue weighted by Gasteiger charge is -2.26. The summed E-state index contributed by atoms with van der Waals surface area (Å²) in [5, 5.41) is 7.77. The van der Waals surface area contributed by atoms with Crippen molar-refractivity contribution >= 4 is 55.5 Å². The summed E-state index contributed by atoms with van der Waals surface area (Å²) in [4.78, 5) is 36.9. The van der Waals surface area contributed by atoms with E-state index in [9.17, 15) is 26.8 Å². The number of aromatic nitrogens is 5. The molecular weight excluding hydrogens is 744 g/mol. The number of fused-ring (bicyclic) bond motifs is 2. The third-order valence-electron chi connectivity index (χ3n) is 8.29. The number of aryl methyl sites for hydroxylation is 1. The summed E-state index contributed by atoms with van der Waals surface area (Å²) < 4.78 is 70.2. The molecule has 282 valence electrons. The van der Waals surface area contributed by atoms with E-state index < -0.39 is 45.0 Å². The highest BCUT2D eigenvalue weighted by Gasteiger charge is 2.31. The number of nitrogens with one attached hydrogen (secondary N) is 1. The van der Waals surface area contributed by atoms with Gasteiger partial charge in [0.1, 0.15) is 28.8 Å². The molecule has 0 aliphatic heterocycles. The molecule has 0 aliphatic rings. The number of methoxy groups -OCH3 is 1.